The first-order valence-electron chi connectivity index (χ1n) is 6.46. The van der Waals surface area contributed by atoms with E-state index >= 15 is 0 Å². The van der Waals surface area contributed by atoms with Gasteiger partial charge in [-0.15, -0.1) is 0 Å². The highest BCUT2D eigenvalue weighted by molar-refractivity contribution is 9.10. The second kappa shape index (κ2) is 5.99. The van der Waals surface area contributed by atoms with Crippen LogP contribution in [-0.4, -0.2) is 14.5 Å². The molecule has 112 valence electrons. The van der Waals surface area contributed by atoms with E-state index in [-0.39, 0.29) is 6.10 Å². The fraction of sp³-hybridized carbons (Fsp3) is 0.538. The van der Waals surface area contributed by atoms with Gasteiger partial charge in [0.15, 0.2) is 0 Å². The summed E-state index contributed by atoms with van der Waals surface area (Å²) in [4.78, 5) is -0.533. The summed E-state index contributed by atoms with van der Waals surface area (Å²) in [5.74, 6) is 0.115. The summed E-state index contributed by atoms with van der Waals surface area (Å²) in [5.41, 5.74) is 0. The zero-order valence-electron chi connectivity index (χ0n) is 11.1. The maximum Gasteiger partial charge on any atom is 0.241 e. The molecule has 0 spiro atoms. The van der Waals surface area contributed by atoms with Gasteiger partial charge in [0.25, 0.3) is 0 Å². The molecule has 0 aliphatic heterocycles. The van der Waals surface area contributed by atoms with Gasteiger partial charge >= 0.3 is 0 Å². The molecule has 0 radical (unpaired) electrons. The highest BCUT2D eigenvalue weighted by Gasteiger charge is 2.22. The van der Waals surface area contributed by atoms with Crippen molar-refractivity contribution in [3.05, 3.63) is 22.4 Å². The molecule has 1 fully saturated rings. The van der Waals surface area contributed by atoms with Crippen LogP contribution in [0, 0.1) is 11.7 Å². The lowest BCUT2D eigenvalue weighted by Gasteiger charge is -2.27. The molecule has 7 heteroatoms. The number of hydrogen-bond donors (Lipinski definition) is 1. The third-order valence-corrected chi connectivity index (χ3v) is 5.10. The zero-order chi connectivity index (χ0) is 14.9. The van der Waals surface area contributed by atoms with Gasteiger partial charge in [-0.2, -0.15) is 0 Å². The smallest absolute Gasteiger partial charge is 0.241 e. The molecule has 2 rings (SSSR count). The number of ether oxygens (including phenoxy) is 1. The first kappa shape index (κ1) is 15.7. The molecule has 20 heavy (non-hydrogen) atoms. The van der Waals surface area contributed by atoms with E-state index in [1.54, 1.807) is 0 Å². The molecular formula is C13H17BrFNO3S. The molecule has 1 aliphatic carbocycles. The minimum Gasteiger partial charge on any atom is -0.489 e. The predicted molar refractivity (Wildman–Crippen MR) is 77.5 cm³/mol. The van der Waals surface area contributed by atoms with Crippen molar-refractivity contribution >= 4 is 26.0 Å². The van der Waals surface area contributed by atoms with Gasteiger partial charge in [-0.1, -0.05) is 6.92 Å². The molecule has 0 unspecified atom stereocenters. The van der Waals surface area contributed by atoms with Gasteiger partial charge in [-0.3, -0.25) is 0 Å². The maximum atomic E-state index is 13.8. The SMILES string of the molecule is CC1CCC(Oc2cc(F)c(S(N)(=O)=O)cc2Br)CC1. The van der Waals surface area contributed by atoms with Crippen LogP contribution in [0.2, 0.25) is 0 Å². The van der Waals surface area contributed by atoms with Crippen LogP contribution < -0.4 is 9.88 Å². The predicted octanol–water partition coefficient (Wildman–Crippen LogP) is 3.19. The molecular weight excluding hydrogens is 349 g/mol. The molecule has 4 nitrogen and oxygen atoms in total. The monoisotopic (exact) mass is 365 g/mol. The minimum atomic E-state index is -4.07. The molecule has 0 saturated heterocycles. The second-order valence-electron chi connectivity index (χ2n) is 5.26. The van der Waals surface area contributed by atoms with Gasteiger partial charge in [0.2, 0.25) is 10.0 Å². The van der Waals surface area contributed by atoms with E-state index in [2.05, 4.69) is 22.9 Å². The van der Waals surface area contributed by atoms with Crippen molar-refractivity contribution in [3.63, 3.8) is 0 Å². The molecule has 0 aromatic heterocycles. The van der Waals surface area contributed by atoms with Gasteiger partial charge in [0.1, 0.15) is 16.5 Å². The Hall–Kier alpha value is -0.660. The molecule has 1 saturated carbocycles. The topological polar surface area (TPSA) is 69.4 Å². The van der Waals surface area contributed by atoms with E-state index in [4.69, 9.17) is 9.88 Å². The fourth-order valence-corrected chi connectivity index (χ4v) is 3.55. The van der Waals surface area contributed by atoms with Crippen molar-refractivity contribution in [1.29, 1.82) is 0 Å². The summed E-state index contributed by atoms with van der Waals surface area (Å²) < 4.78 is 42.4. The lowest BCUT2D eigenvalue weighted by molar-refractivity contribution is 0.134. The quantitative estimate of drug-likeness (QED) is 0.893. The summed E-state index contributed by atoms with van der Waals surface area (Å²) in [6.45, 7) is 2.20. The Morgan fingerprint density at radius 2 is 1.90 bits per heavy atom. The van der Waals surface area contributed by atoms with Crippen LogP contribution in [0.15, 0.2) is 21.5 Å². The Morgan fingerprint density at radius 3 is 2.45 bits per heavy atom. The summed E-state index contributed by atoms with van der Waals surface area (Å²) in [6, 6.07) is 2.22. The van der Waals surface area contributed by atoms with Crippen molar-refractivity contribution in [2.45, 2.75) is 43.6 Å². The normalized spacial score (nSPS) is 23.6. The number of halogens is 2. The average molecular weight is 366 g/mol. The molecule has 1 aromatic rings. The lowest BCUT2D eigenvalue weighted by Crippen LogP contribution is -2.23. The number of nitrogens with two attached hydrogens (primary N) is 1. The Bertz CT molecular complexity index is 598. The minimum absolute atomic E-state index is 0.0437. The summed E-state index contributed by atoms with van der Waals surface area (Å²) in [6.07, 6.45) is 4.06. The van der Waals surface area contributed by atoms with Crippen molar-refractivity contribution in [1.82, 2.24) is 0 Å². The molecule has 0 heterocycles. The third kappa shape index (κ3) is 3.71. The van der Waals surface area contributed by atoms with Crippen LogP contribution in [0.5, 0.6) is 5.75 Å². The first-order valence-corrected chi connectivity index (χ1v) is 8.80. The number of benzene rings is 1. The van der Waals surface area contributed by atoms with Crippen LogP contribution in [0.25, 0.3) is 0 Å². The molecule has 0 bridgehead atoms. The second-order valence-corrected chi connectivity index (χ2v) is 7.64. The molecule has 0 atom stereocenters. The Morgan fingerprint density at radius 1 is 1.30 bits per heavy atom. The summed E-state index contributed by atoms with van der Waals surface area (Å²) >= 11 is 3.20. The van der Waals surface area contributed by atoms with Gasteiger partial charge in [-0.05, 0) is 53.6 Å². The summed E-state index contributed by atoms with van der Waals surface area (Å²) in [7, 11) is -4.07. The Labute approximate surface area is 126 Å². The van der Waals surface area contributed by atoms with Gasteiger partial charge in [0, 0.05) is 6.07 Å². The van der Waals surface area contributed by atoms with Gasteiger partial charge < -0.3 is 4.74 Å². The van der Waals surface area contributed by atoms with Crippen LogP contribution in [0.4, 0.5) is 4.39 Å². The average Bonchev–Trinajstić information content (AvgIpc) is 2.35. The van der Waals surface area contributed by atoms with Crippen molar-refractivity contribution < 1.29 is 17.5 Å². The Kier molecular flexibility index (Phi) is 4.71. The van der Waals surface area contributed by atoms with E-state index in [1.807, 2.05) is 0 Å². The highest BCUT2D eigenvalue weighted by atomic mass is 79.9. The van der Waals surface area contributed by atoms with Crippen LogP contribution in [0.3, 0.4) is 0 Å². The molecule has 1 aromatic carbocycles. The molecule has 0 amide bonds. The first-order chi connectivity index (χ1) is 9.27. The van der Waals surface area contributed by atoms with Crippen molar-refractivity contribution in [2.75, 3.05) is 0 Å². The largest absolute Gasteiger partial charge is 0.489 e. The maximum absolute atomic E-state index is 13.8. The fourth-order valence-electron chi connectivity index (χ4n) is 2.35. The van der Waals surface area contributed by atoms with E-state index < -0.39 is 20.7 Å². The van der Waals surface area contributed by atoms with Crippen LogP contribution >= 0.6 is 15.9 Å². The number of primary sulfonamides is 1. The van der Waals surface area contributed by atoms with Crippen LogP contribution in [-0.2, 0) is 10.0 Å². The van der Waals surface area contributed by atoms with Crippen molar-refractivity contribution in [3.8, 4) is 5.75 Å². The zero-order valence-corrected chi connectivity index (χ0v) is 13.5. The van der Waals surface area contributed by atoms with E-state index in [9.17, 15) is 12.8 Å². The number of rotatable bonds is 3. The molecule has 2 N–H and O–H groups in total. The summed E-state index contributed by atoms with van der Waals surface area (Å²) in [5, 5.41) is 4.95. The highest BCUT2D eigenvalue weighted by Crippen LogP contribution is 2.33. The third-order valence-electron chi connectivity index (χ3n) is 3.55. The van der Waals surface area contributed by atoms with Crippen LogP contribution in [0.1, 0.15) is 32.6 Å². The van der Waals surface area contributed by atoms with Crippen molar-refractivity contribution in [2.24, 2.45) is 11.1 Å². The lowest BCUT2D eigenvalue weighted by atomic mass is 9.89. The number of hydrogen-bond acceptors (Lipinski definition) is 3. The van der Waals surface area contributed by atoms with E-state index in [0.29, 0.717) is 16.1 Å². The standard InChI is InChI=1S/C13H17BrFNO3S/c1-8-2-4-9(5-3-8)19-12-7-11(15)13(6-10(12)14)20(16,17)18/h6-9H,2-5H2,1H3,(H2,16,17,18). The van der Waals surface area contributed by atoms with Gasteiger partial charge in [0.05, 0.1) is 10.6 Å². The number of sulfonamides is 1. The van der Waals surface area contributed by atoms with E-state index in [1.165, 1.54) is 0 Å². The van der Waals surface area contributed by atoms with E-state index in [0.717, 1.165) is 37.8 Å². The molecule has 1 aliphatic rings. The Balaban J connectivity index is 2.19. The van der Waals surface area contributed by atoms with Gasteiger partial charge in [-0.25, -0.2) is 17.9 Å².